The Bertz CT molecular complexity index is 1110. The van der Waals surface area contributed by atoms with E-state index in [1.807, 2.05) is 72.8 Å². The summed E-state index contributed by atoms with van der Waals surface area (Å²) in [6.07, 6.45) is 3.99. The van der Waals surface area contributed by atoms with Crippen LogP contribution in [0.25, 0.3) is 34.2 Å². The van der Waals surface area contributed by atoms with Crippen molar-refractivity contribution in [3.05, 3.63) is 106 Å². The fourth-order valence-electron chi connectivity index (χ4n) is 2.86. The number of fused-ring (bicyclic) bond motifs is 1. The molecule has 0 fully saturated rings. The second kappa shape index (κ2) is 6.62. The first-order valence-corrected chi connectivity index (χ1v) is 8.16. The molecule has 0 amide bonds. The maximum atomic E-state index is 11.8. The molecule has 0 spiro atoms. The van der Waals surface area contributed by atoms with Crippen LogP contribution in [0.3, 0.4) is 0 Å². The molecule has 0 radical (unpaired) electrons. The first-order chi connectivity index (χ1) is 12.3. The molecule has 0 atom stereocenters. The van der Waals surface area contributed by atoms with Crippen molar-refractivity contribution in [3.8, 4) is 11.3 Å². The molecule has 2 nitrogen and oxygen atoms in total. The molecule has 0 aliphatic rings. The molecule has 0 aliphatic carbocycles. The molecule has 25 heavy (non-hydrogen) atoms. The predicted octanol–water partition coefficient (Wildman–Crippen LogP) is 5.63. The van der Waals surface area contributed by atoms with Crippen LogP contribution in [0.15, 0.2) is 94.1 Å². The topological polar surface area (TPSA) is 30.2 Å². The molecule has 120 valence electrons. The zero-order valence-corrected chi connectivity index (χ0v) is 13.6. The van der Waals surface area contributed by atoms with E-state index < -0.39 is 0 Å². The highest BCUT2D eigenvalue weighted by molar-refractivity contribution is 5.88. The van der Waals surface area contributed by atoms with Crippen molar-refractivity contribution in [3.63, 3.8) is 0 Å². The third-order valence-electron chi connectivity index (χ3n) is 4.13. The van der Waals surface area contributed by atoms with Gasteiger partial charge in [-0.05, 0) is 28.5 Å². The van der Waals surface area contributed by atoms with Crippen LogP contribution < -0.4 is 5.63 Å². The van der Waals surface area contributed by atoms with Crippen molar-refractivity contribution in [1.29, 1.82) is 0 Å². The summed E-state index contributed by atoms with van der Waals surface area (Å²) in [4.78, 5) is 11.8. The monoisotopic (exact) mass is 324 g/mol. The summed E-state index contributed by atoms with van der Waals surface area (Å²) >= 11 is 0. The summed E-state index contributed by atoms with van der Waals surface area (Å²) in [6.45, 7) is 0. The van der Waals surface area contributed by atoms with E-state index in [1.54, 1.807) is 6.07 Å². The summed E-state index contributed by atoms with van der Waals surface area (Å²) in [5.74, 6) is 0.588. The molecule has 0 aliphatic heterocycles. The third-order valence-corrected chi connectivity index (χ3v) is 4.13. The van der Waals surface area contributed by atoms with E-state index >= 15 is 0 Å². The smallest absolute Gasteiger partial charge is 0.336 e. The van der Waals surface area contributed by atoms with Gasteiger partial charge in [0.15, 0.2) is 0 Å². The van der Waals surface area contributed by atoms with Gasteiger partial charge in [-0.2, -0.15) is 0 Å². The average molecular weight is 324 g/mol. The van der Waals surface area contributed by atoms with Gasteiger partial charge in [-0.25, -0.2) is 4.79 Å². The van der Waals surface area contributed by atoms with Crippen LogP contribution >= 0.6 is 0 Å². The van der Waals surface area contributed by atoms with Crippen molar-refractivity contribution in [2.45, 2.75) is 0 Å². The Hall–Kier alpha value is -3.39. The fourth-order valence-corrected chi connectivity index (χ4v) is 2.86. The van der Waals surface area contributed by atoms with Crippen LogP contribution in [0.5, 0.6) is 0 Å². The molecular weight excluding hydrogens is 308 g/mol. The maximum absolute atomic E-state index is 11.8. The van der Waals surface area contributed by atoms with E-state index in [9.17, 15) is 4.79 Å². The molecule has 1 heterocycles. The van der Waals surface area contributed by atoms with Crippen LogP contribution in [0.1, 0.15) is 11.1 Å². The molecule has 0 saturated heterocycles. The van der Waals surface area contributed by atoms with Crippen molar-refractivity contribution < 1.29 is 4.42 Å². The Morgan fingerprint density at radius 3 is 2.28 bits per heavy atom. The molecule has 0 unspecified atom stereocenters. The Balaban J connectivity index is 1.81. The summed E-state index contributed by atoms with van der Waals surface area (Å²) in [5.41, 5.74) is 2.51. The Kier molecular flexibility index (Phi) is 4.01. The molecule has 0 saturated carbocycles. The second-order valence-corrected chi connectivity index (χ2v) is 5.84. The second-order valence-electron chi connectivity index (χ2n) is 5.84. The zero-order valence-electron chi connectivity index (χ0n) is 13.6. The molecule has 4 aromatic rings. The highest BCUT2D eigenvalue weighted by Gasteiger charge is 2.08. The minimum atomic E-state index is -0.347. The highest BCUT2D eigenvalue weighted by atomic mass is 16.4. The van der Waals surface area contributed by atoms with Gasteiger partial charge in [-0.15, -0.1) is 0 Å². The standard InChI is InChI=1S/C23H16O2/c24-22-15-14-19(11-10-17-6-2-1-3-7-17)23(25-22)21-13-12-18-8-4-5-9-20(18)16-21/h1-16H/b11-10+. The van der Waals surface area contributed by atoms with E-state index in [1.165, 1.54) is 6.07 Å². The van der Waals surface area contributed by atoms with Gasteiger partial charge in [-0.1, -0.05) is 78.9 Å². The number of benzene rings is 3. The van der Waals surface area contributed by atoms with Gasteiger partial charge in [0.1, 0.15) is 5.76 Å². The predicted molar refractivity (Wildman–Crippen MR) is 103 cm³/mol. The molecule has 4 rings (SSSR count). The largest absolute Gasteiger partial charge is 0.422 e. The van der Waals surface area contributed by atoms with Crippen LogP contribution in [0.4, 0.5) is 0 Å². The van der Waals surface area contributed by atoms with Gasteiger partial charge in [-0.3, -0.25) is 0 Å². The molecule has 0 bridgehead atoms. The lowest BCUT2D eigenvalue weighted by Gasteiger charge is -2.06. The minimum absolute atomic E-state index is 0.347. The lowest BCUT2D eigenvalue weighted by Crippen LogP contribution is -1.98. The van der Waals surface area contributed by atoms with E-state index in [0.29, 0.717) is 5.76 Å². The van der Waals surface area contributed by atoms with E-state index in [2.05, 4.69) is 12.1 Å². The summed E-state index contributed by atoms with van der Waals surface area (Å²) in [5, 5.41) is 2.27. The fraction of sp³-hybridized carbons (Fsp3) is 0. The quantitative estimate of drug-likeness (QED) is 0.489. The van der Waals surface area contributed by atoms with Gasteiger partial charge in [0.25, 0.3) is 0 Å². The van der Waals surface area contributed by atoms with Crippen molar-refractivity contribution in [1.82, 2.24) is 0 Å². The summed E-state index contributed by atoms with van der Waals surface area (Å²) in [6, 6.07) is 27.5. The number of hydrogen-bond acceptors (Lipinski definition) is 2. The molecule has 2 heteroatoms. The van der Waals surface area contributed by atoms with Crippen LogP contribution in [0, 0.1) is 0 Å². The minimum Gasteiger partial charge on any atom is -0.422 e. The third kappa shape index (κ3) is 3.29. The van der Waals surface area contributed by atoms with E-state index in [4.69, 9.17) is 4.42 Å². The van der Waals surface area contributed by atoms with E-state index in [0.717, 1.165) is 27.5 Å². The van der Waals surface area contributed by atoms with Gasteiger partial charge in [0.2, 0.25) is 0 Å². The summed E-state index contributed by atoms with van der Waals surface area (Å²) < 4.78 is 5.52. The van der Waals surface area contributed by atoms with Crippen LogP contribution in [0.2, 0.25) is 0 Å². The van der Waals surface area contributed by atoms with Gasteiger partial charge in [0, 0.05) is 17.2 Å². The normalized spacial score (nSPS) is 11.2. The Labute approximate surface area is 145 Å². The van der Waals surface area contributed by atoms with Crippen LogP contribution in [-0.2, 0) is 0 Å². The molecule has 0 N–H and O–H groups in total. The Morgan fingerprint density at radius 2 is 1.44 bits per heavy atom. The summed E-state index contributed by atoms with van der Waals surface area (Å²) in [7, 11) is 0. The van der Waals surface area contributed by atoms with Crippen molar-refractivity contribution in [2.75, 3.05) is 0 Å². The first kappa shape index (κ1) is 15.2. The van der Waals surface area contributed by atoms with E-state index in [-0.39, 0.29) is 5.63 Å². The van der Waals surface area contributed by atoms with Gasteiger partial charge < -0.3 is 4.42 Å². The lowest BCUT2D eigenvalue weighted by atomic mass is 10.0. The highest BCUT2D eigenvalue weighted by Crippen LogP contribution is 2.27. The van der Waals surface area contributed by atoms with Crippen molar-refractivity contribution in [2.24, 2.45) is 0 Å². The first-order valence-electron chi connectivity index (χ1n) is 8.16. The number of rotatable bonds is 3. The van der Waals surface area contributed by atoms with Gasteiger partial charge >= 0.3 is 5.63 Å². The molecule has 1 aromatic heterocycles. The van der Waals surface area contributed by atoms with Gasteiger partial charge in [0.05, 0.1) is 0 Å². The zero-order chi connectivity index (χ0) is 17.1. The Morgan fingerprint density at radius 1 is 0.680 bits per heavy atom. The SMILES string of the molecule is O=c1ccc(/C=C/c2ccccc2)c(-c2ccc3ccccc3c2)o1. The maximum Gasteiger partial charge on any atom is 0.336 e. The average Bonchev–Trinajstić information content (AvgIpc) is 2.67. The lowest BCUT2D eigenvalue weighted by molar-refractivity contribution is 0.525. The van der Waals surface area contributed by atoms with Crippen molar-refractivity contribution >= 4 is 22.9 Å². The molecular formula is C23H16O2. The number of hydrogen-bond donors (Lipinski definition) is 0. The van der Waals surface area contributed by atoms with Crippen LogP contribution in [-0.4, -0.2) is 0 Å². The molecule has 3 aromatic carbocycles.